The number of sulfone groups is 1. The molecule has 2 saturated heterocycles. The van der Waals surface area contributed by atoms with Gasteiger partial charge >= 0.3 is 0 Å². The van der Waals surface area contributed by atoms with Gasteiger partial charge in [-0.15, -0.1) is 0 Å². The third-order valence-electron chi connectivity index (χ3n) is 5.04. The van der Waals surface area contributed by atoms with Crippen molar-refractivity contribution >= 4 is 27.1 Å². The van der Waals surface area contributed by atoms with Crippen LogP contribution in [0.3, 0.4) is 0 Å². The largest absolute Gasteiger partial charge is 0.371 e. The minimum Gasteiger partial charge on any atom is -0.371 e. The minimum absolute atomic E-state index is 0.339. The Morgan fingerprint density at radius 3 is 2.30 bits per heavy atom. The average molecular weight is 357 g/mol. The van der Waals surface area contributed by atoms with Crippen LogP contribution in [0.25, 0.3) is 0 Å². The standard InChI is InChI=1S/C17H25ClN2O2S/c1-13-2-3-16(12-17(13)18)20-8-4-14(5-9-20)19-15-6-10-23(21,22)11-7-15/h2-3,12,14-15,19H,4-11H2,1H3. The van der Waals surface area contributed by atoms with E-state index in [4.69, 9.17) is 11.6 Å². The molecule has 3 rings (SSSR count). The van der Waals surface area contributed by atoms with E-state index >= 15 is 0 Å². The number of hydrogen-bond donors (Lipinski definition) is 1. The molecule has 0 amide bonds. The van der Waals surface area contributed by atoms with Crippen LogP contribution in [0, 0.1) is 6.92 Å². The molecule has 2 fully saturated rings. The molecule has 1 N–H and O–H groups in total. The predicted molar refractivity (Wildman–Crippen MR) is 96.2 cm³/mol. The third-order valence-corrected chi connectivity index (χ3v) is 7.16. The van der Waals surface area contributed by atoms with Crippen LogP contribution in [0.5, 0.6) is 0 Å². The summed E-state index contributed by atoms with van der Waals surface area (Å²) in [5, 5.41) is 4.50. The van der Waals surface area contributed by atoms with Gasteiger partial charge in [0.05, 0.1) is 11.5 Å². The summed E-state index contributed by atoms with van der Waals surface area (Å²) in [6.45, 7) is 4.05. The number of hydrogen-bond acceptors (Lipinski definition) is 4. The zero-order chi connectivity index (χ0) is 16.4. The number of anilines is 1. The highest BCUT2D eigenvalue weighted by atomic mass is 35.5. The molecule has 0 radical (unpaired) electrons. The van der Waals surface area contributed by atoms with Crippen LogP contribution < -0.4 is 10.2 Å². The highest BCUT2D eigenvalue weighted by molar-refractivity contribution is 7.91. The van der Waals surface area contributed by atoms with E-state index in [2.05, 4.69) is 28.4 Å². The Labute approximate surface area is 144 Å². The van der Waals surface area contributed by atoms with Gasteiger partial charge in [0.1, 0.15) is 9.84 Å². The van der Waals surface area contributed by atoms with E-state index in [0.29, 0.717) is 23.6 Å². The molecule has 1 aromatic carbocycles. The number of rotatable bonds is 3. The first kappa shape index (κ1) is 17.1. The first-order valence-electron chi connectivity index (χ1n) is 8.40. The summed E-state index contributed by atoms with van der Waals surface area (Å²) in [5.41, 5.74) is 2.31. The van der Waals surface area contributed by atoms with E-state index in [1.54, 1.807) is 0 Å². The van der Waals surface area contributed by atoms with Gasteiger partial charge in [-0.3, -0.25) is 0 Å². The van der Waals surface area contributed by atoms with Gasteiger partial charge in [-0.05, 0) is 50.3 Å². The smallest absolute Gasteiger partial charge is 0.150 e. The van der Waals surface area contributed by atoms with E-state index < -0.39 is 9.84 Å². The molecular formula is C17H25ClN2O2S. The van der Waals surface area contributed by atoms with Crippen molar-refractivity contribution in [3.05, 3.63) is 28.8 Å². The fourth-order valence-corrected chi connectivity index (χ4v) is 5.14. The zero-order valence-electron chi connectivity index (χ0n) is 13.6. The highest BCUT2D eigenvalue weighted by Gasteiger charge is 2.27. The van der Waals surface area contributed by atoms with Crippen molar-refractivity contribution in [3.8, 4) is 0 Å². The van der Waals surface area contributed by atoms with Crippen molar-refractivity contribution in [3.63, 3.8) is 0 Å². The molecule has 2 aliphatic rings. The monoisotopic (exact) mass is 356 g/mol. The lowest BCUT2D eigenvalue weighted by molar-refractivity contribution is 0.349. The Balaban J connectivity index is 1.49. The van der Waals surface area contributed by atoms with Crippen LogP contribution in [-0.2, 0) is 9.84 Å². The van der Waals surface area contributed by atoms with Crippen LogP contribution in [0.2, 0.25) is 5.02 Å². The predicted octanol–water partition coefficient (Wildman–Crippen LogP) is 2.78. The summed E-state index contributed by atoms with van der Waals surface area (Å²) < 4.78 is 23.0. The maximum absolute atomic E-state index is 11.5. The molecule has 0 spiro atoms. The number of benzene rings is 1. The van der Waals surface area contributed by atoms with Gasteiger partial charge in [0.15, 0.2) is 0 Å². The van der Waals surface area contributed by atoms with Crippen molar-refractivity contribution in [2.75, 3.05) is 29.5 Å². The van der Waals surface area contributed by atoms with Crippen molar-refractivity contribution < 1.29 is 8.42 Å². The van der Waals surface area contributed by atoms with E-state index in [0.717, 1.165) is 49.4 Å². The molecule has 0 atom stereocenters. The van der Waals surface area contributed by atoms with Gasteiger partial charge in [-0.1, -0.05) is 17.7 Å². The molecule has 6 heteroatoms. The van der Waals surface area contributed by atoms with Crippen molar-refractivity contribution in [1.82, 2.24) is 5.32 Å². The Morgan fingerprint density at radius 2 is 1.70 bits per heavy atom. The molecule has 0 bridgehead atoms. The third kappa shape index (κ3) is 4.40. The molecule has 128 valence electrons. The summed E-state index contributed by atoms with van der Waals surface area (Å²) in [4.78, 5) is 2.38. The number of piperidine rings is 1. The lowest BCUT2D eigenvalue weighted by atomic mass is 10.0. The molecule has 0 aliphatic carbocycles. The number of halogens is 1. The molecule has 1 aromatic rings. The second-order valence-corrected chi connectivity index (χ2v) is 9.50. The zero-order valence-corrected chi connectivity index (χ0v) is 15.2. The van der Waals surface area contributed by atoms with Crippen LogP contribution in [-0.4, -0.2) is 45.1 Å². The van der Waals surface area contributed by atoms with Gasteiger partial charge in [0, 0.05) is 35.9 Å². The van der Waals surface area contributed by atoms with E-state index in [1.807, 2.05) is 6.92 Å². The summed E-state index contributed by atoms with van der Waals surface area (Å²) in [6, 6.07) is 7.13. The van der Waals surface area contributed by atoms with Crippen molar-refractivity contribution in [2.24, 2.45) is 0 Å². The first-order chi connectivity index (χ1) is 10.9. The van der Waals surface area contributed by atoms with Gasteiger partial charge in [0.25, 0.3) is 0 Å². The van der Waals surface area contributed by atoms with Gasteiger partial charge < -0.3 is 10.2 Å². The fraction of sp³-hybridized carbons (Fsp3) is 0.647. The van der Waals surface area contributed by atoms with Crippen molar-refractivity contribution in [1.29, 1.82) is 0 Å². The number of aryl methyl sites for hydroxylation is 1. The topological polar surface area (TPSA) is 49.4 Å². The second-order valence-electron chi connectivity index (χ2n) is 6.79. The second kappa shape index (κ2) is 6.99. The lowest BCUT2D eigenvalue weighted by Gasteiger charge is -2.36. The normalized spacial score (nSPS) is 23.1. The SMILES string of the molecule is Cc1ccc(N2CCC(NC3CCS(=O)(=O)CC3)CC2)cc1Cl. The Morgan fingerprint density at radius 1 is 1.09 bits per heavy atom. The lowest BCUT2D eigenvalue weighted by Crippen LogP contribution is -2.48. The van der Waals surface area contributed by atoms with Gasteiger partial charge in [0.2, 0.25) is 0 Å². The van der Waals surface area contributed by atoms with E-state index in [9.17, 15) is 8.42 Å². The summed E-state index contributed by atoms with van der Waals surface area (Å²) >= 11 is 6.23. The van der Waals surface area contributed by atoms with Gasteiger partial charge in [-0.25, -0.2) is 8.42 Å². The molecule has 23 heavy (non-hydrogen) atoms. The Kier molecular flexibility index (Phi) is 5.19. The van der Waals surface area contributed by atoms with Crippen LogP contribution >= 0.6 is 11.6 Å². The van der Waals surface area contributed by atoms with Crippen LogP contribution in [0.15, 0.2) is 18.2 Å². The quantitative estimate of drug-likeness (QED) is 0.904. The van der Waals surface area contributed by atoms with Crippen molar-refractivity contribution in [2.45, 2.75) is 44.7 Å². The van der Waals surface area contributed by atoms with E-state index in [-0.39, 0.29) is 0 Å². The Hall–Kier alpha value is -0.780. The van der Waals surface area contributed by atoms with E-state index in [1.165, 1.54) is 5.69 Å². The average Bonchev–Trinajstić information content (AvgIpc) is 2.53. The summed E-state index contributed by atoms with van der Waals surface area (Å²) in [5.74, 6) is 0.677. The number of nitrogens with zero attached hydrogens (tertiary/aromatic N) is 1. The summed E-state index contributed by atoms with van der Waals surface area (Å²) in [6.07, 6.45) is 3.70. The Bertz CT molecular complexity index is 641. The molecule has 2 aliphatic heterocycles. The molecule has 0 unspecified atom stereocenters. The van der Waals surface area contributed by atoms with Crippen LogP contribution in [0.1, 0.15) is 31.2 Å². The van der Waals surface area contributed by atoms with Gasteiger partial charge in [-0.2, -0.15) is 0 Å². The first-order valence-corrected chi connectivity index (χ1v) is 10.6. The molecule has 0 aromatic heterocycles. The molecule has 2 heterocycles. The highest BCUT2D eigenvalue weighted by Crippen LogP contribution is 2.26. The molecular weight excluding hydrogens is 332 g/mol. The maximum Gasteiger partial charge on any atom is 0.150 e. The molecule has 0 saturated carbocycles. The maximum atomic E-state index is 11.5. The minimum atomic E-state index is -2.77. The number of nitrogens with one attached hydrogen (secondary N) is 1. The fourth-order valence-electron chi connectivity index (χ4n) is 3.47. The molecule has 4 nitrogen and oxygen atoms in total. The summed E-state index contributed by atoms with van der Waals surface area (Å²) in [7, 11) is -2.77. The van der Waals surface area contributed by atoms with Crippen LogP contribution in [0.4, 0.5) is 5.69 Å².